The lowest BCUT2D eigenvalue weighted by Gasteiger charge is -2.35. The van der Waals surface area contributed by atoms with Gasteiger partial charge in [0, 0.05) is 23.5 Å². The fraction of sp³-hybridized carbons (Fsp3) is 0.667. The highest BCUT2D eigenvalue weighted by atomic mass is 16.6. The monoisotopic (exact) mass is 308 g/mol. The Bertz CT molecular complexity index is 517. The van der Waals surface area contributed by atoms with Crippen LogP contribution in [0.2, 0.25) is 0 Å². The van der Waals surface area contributed by atoms with Gasteiger partial charge in [-0.2, -0.15) is 0 Å². The van der Waals surface area contributed by atoms with E-state index in [-0.39, 0.29) is 12.1 Å². The molecule has 2 rings (SSSR count). The Balaban J connectivity index is 2.00. The van der Waals surface area contributed by atoms with E-state index in [2.05, 4.69) is 15.3 Å². The number of nitrogens with one attached hydrogen (secondary N) is 1. The zero-order valence-corrected chi connectivity index (χ0v) is 13.3. The summed E-state index contributed by atoms with van der Waals surface area (Å²) in [5.74, 6) is 0.178. The second-order valence-electron chi connectivity index (χ2n) is 6.81. The third-order valence-electron chi connectivity index (χ3n) is 3.69. The number of nitrogens with two attached hydrogens (primary N) is 1. The first-order valence-corrected chi connectivity index (χ1v) is 7.47. The molecule has 22 heavy (non-hydrogen) atoms. The molecule has 1 aliphatic rings. The van der Waals surface area contributed by atoms with Crippen molar-refractivity contribution in [3.63, 3.8) is 0 Å². The molecule has 7 nitrogen and oxygen atoms in total. The van der Waals surface area contributed by atoms with E-state index in [9.17, 15) is 9.90 Å². The molecule has 1 aromatic heterocycles. The fourth-order valence-corrected chi connectivity index (χ4v) is 2.45. The highest BCUT2D eigenvalue weighted by molar-refractivity contribution is 5.82. The van der Waals surface area contributed by atoms with E-state index < -0.39 is 17.2 Å². The number of aromatic nitrogens is 2. The van der Waals surface area contributed by atoms with Crippen LogP contribution in [-0.4, -0.2) is 32.9 Å². The van der Waals surface area contributed by atoms with Gasteiger partial charge in [0.15, 0.2) is 0 Å². The maximum absolute atomic E-state index is 11.6. The van der Waals surface area contributed by atoms with Gasteiger partial charge in [0.05, 0.1) is 6.10 Å². The van der Waals surface area contributed by atoms with Crippen molar-refractivity contribution in [2.75, 3.05) is 5.32 Å². The van der Waals surface area contributed by atoms with E-state index in [4.69, 9.17) is 10.5 Å². The molecular weight excluding hydrogens is 284 g/mol. The molecule has 1 heterocycles. The first kappa shape index (κ1) is 16.6. The molecule has 0 bridgehead atoms. The van der Waals surface area contributed by atoms with Crippen LogP contribution in [0.25, 0.3) is 0 Å². The smallest absolute Gasteiger partial charge is 0.414 e. The van der Waals surface area contributed by atoms with Crippen molar-refractivity contribution in [1.82, 2.24) is 9.97 Å². The highest BCUT2D eigenvalue weighted by Crippen LogP contribution is 2.34. The number of carbonyl (C=O) groups is 1. The lowest BCUT2D eigenvalue weighted by Crippen LogP contribution is -2.41. The molecule has 0 saturated heterocycles. The van der Waals surface area contributed by atoms with Crippen LogP contribution in [0, 0.1) is 0 Å². The maximum Gasteiger partial charge on any atom is 0.414 e. The predicted molar refractivity (Wildman–Crippen MR) is 82.2 cm³/mol. The van der Waals surface area contributed by atoms with Gasteiger partial charge in [-0.05, 0) is 46.5 Å². The zero-order chi connectivity index (χ0) is 16.4. The number of ether oxygens (including phenoxy) is 1. The first-order valence-electron chi connectivity index (χ1n) is 7.47. The summed E-state index contributed by atoms with van der Waals surface area (Å²) in [5, 5.41) is 12.1. The average molecular weight is 308 g/mol. The molecule has 4 N–H and O–H groups in total. The zero-order valence-electron chi connectivity index (χ0n) is 13.3. The summed E-state index contributed by atoms with van der Waals surface area (Å²) in [6.45, 7) is 5.35. The number of amides is 1. The van der Waals surface area contributed by atoms with Crippen LogP contribution >= 0.6 is 0 Å². The SMILES string of the molecule is CC(C)(C)OC(=O)Nc1ncc(C2(N)CCC(O)CC2)cn1. The third-order valence-corrected chi connectivity index (χ3v) is 3.69. The number of aliphatic hydroxyl groups is 1. The number of hydrogen-bond donors (Lipinski definition) is 3. The third kappa shape index (κ3) is 4.38. The van der Waals surface area contributed by atoms with Crippen molar-refractivity contribution in [3.8, 4) is 0 Å². The minimum absolute atomic E-state index is 0.178. The number of carbonyl (C=O) groups excluding carboxylic acids is 1. The Kier molecular flexibility index (Phi) is 4.67. The lowest BCUT2D eigenvalue weighted by atomic mass is 9.77. The summed E-state index contributed by atoms with van der Waals surface area (Å²) in [6, 6.07) is 0. The molecule has 0 aromatic carbocycles. The maximum atomic E-state index is 11.6. The van der Waals surface area contributed by atoms with Crippen molar-refractivity contribution in [2.24, 2.45) is 5.73 Å². The van der Waals surface area contributed by atoms with Gasteiger partial charge in [-0.25, -0.2) is 14.8 Å². The highest BCUT2D eigenvalue weighted by Gasteiger charge is 2.33. The van der Waals surface area contributed by atoms with Gasteiger partial charge < -0.3 is 15.6 Å². The Hall–Kier alpha value is -1.73. The van der Waals surface area contributed by atoms with E-state index in [1.54, 1.807) is 33.2 Å². The summed E-state index contributed by atoms with van der Waals surface area (Å²) < 4.78 is 5.14. The number of aliphatic hydroxyl groups excluding tert-OH is 1. The van der Waals surface area contributed by atoms with Crippen molar-refractivity contribution in [2.45, 2.75) is 63.7 Å². The van der Waals surface area contributed by atoms with Crippen LogP contribution in [-0.2, 0) is 10.3 Å². The molecule has 0 aliphatic heterocycles. The standard InChI is InChI=1S/C15H24N4O3/c1-14(2,3)22-13(21)19-12-17-8-10(9-18-12)15(16)6-4-11(20)5-7-15/h8-9,11,20H,4-7,16H2,1-3H3,(H,17,18,19,21). The van der Waals surface area contributed by atoms with E-state index in [0.717, 1.165) is 5.56 Å². The molecular formula is C15H24N4O3. The number of anilines is 1. The summed E-state index contributed by atoms with van der Waals surface area (Å²) in [6.07, 6.45) is 5.11. The minimum atomic E-state index is -0.594. The molecule has 0 radical (unpaired) electrons. The minimum Gasteiger partial charge on any atom is -0.444 e. The van der Waals surface area contributed by atoms with Gasteiger partial charge in [0.2, 0.25) is 5.95 Å². The fourth-order valence-electron chi connectivity index (χ4n) is 2.45. The van der Waals surface area contributed by atoms with Crippen LogP contribution in [0.4, 0.5) is 10.7 Å². The Labute approximate surface area is 130 Å². The van der Waals surface area contributed by atoms with Crippen LogP contribution < -0.4 is 11.1 Å². The summed E-state index contributed by atoms with van der Waals surface area (Å²) in [4.78, 5) is 19.9. The predicted octanol–water partition coefficient (Wildman–Crippen LogP) is 1.91. The van der Waals surface area contributed by atoms with Gasteiger partial charge >= 0.3 is 6.09 Å². The second-order valence-corrected chi connectivity index (χ2v) is 6.81. The number of rotatable bonds is 2. The summed E-state index contributed by atoms with van der Waals surface area (Å²) in [7, 11) is 0. The van der Waals surface area contributed by atoms with Crippen molar-refractivity contribution >= 4 is 12.0 Å². The second kappa shape index (κ2) is 6.18. The molecule has 1 saturated carbocycles. The average Bonchev–Trinajstić information content (AvgIpc) is 2.41. The Morgan fingerprint density at radius 1 is 1.36 bits per heavy atom. The van der Waals surface area contributed by atoms with Crippen LogP contribution in [0.15, 0.2) is 12.4 Å². The molecule has 1 aliphatic carbocycles. The van der Waals surface area contributed by atoms with Crippen LogP contribution in [0.1, 0.15) is 52.0 Å². The largest absolute Gasteiger partial charge is 0.444 e. The van der Waals surface area contributed by atoms with E-state index >= 15 is 0 Å². The van der Waals surface area contributed by atoms with Gasteiger partial charge in [-0.3, -0.25) is 5.32 Å². The molecule has 7 heteroatoms. The normalized spacial score (nSPS) is 25.6. The lowest BCUT2D eigenvalue weighted by molar-refractivity contribution is 0.0634. The van der Waals surface area contributed by atoms with Gasteiger partial charge in [0.1, 0.15) is 5.60 Å². The molecule has 1 amide bonds. The van der Waals surface area contributed by atoms with Crippen molar-refractivity contribution in [1.29, 1.82) is 0 Å². The Morgan fingerprint density at radius 2 is 1.91 bits per heavy atom. The first-order chi connectivity index (χ1) is 10.2. The van der Waals surface area contributed by atoms with Crippen molar-refractivity contribution < 1.29 is 14.6 Å². The molecule has 1 fully saturated rings. The summed E-state index contributed by atoms with van der Waals surface area (Å²) >= 11 is 0. The molecule has 0 unspecified atom stereocenters. The molecule has 1 aromatic rings. The van der Waals surface area contributed by atoms with Crippen molar-refractivity contribution in [3.05, 3.63) is 18.0 Å². The van der Waals surface area contributed by atoms with E-state index in [1.165, 1.54) is 0 Å². The van der Waals surface area contributed by atoms with Crippen LogP contribution in [0.5, 0.6) is 0 Å². The van der Waals surface area contributed by atoms with Crippen LogP contribution in [0.3, 0.4) is 0 Å². The van der Waals surface area contributed by atoms with E-state index in [0.29, 0.717) is 25.7 Å². The molecule has 122 valence electrons. The van der Waals surface area contributed by atoms with Gasteiger partial charge in [0.25, 0.3) is 0 Å². The van der Waals surface area contributed by atoms with Gasteiger partial charge in [-0.1, -0.05) is 0 Å². The van der Waals surface area contributed by atoms with E-state index in [1.807, 2.05) is 0 Å². The summed E-state index contributed by atoms with van der Waals surface area (Å²) in [5.41, 5.74) is 6.10. The molecule has 0 spiro atoms. The quantitative estimate of drug-likeness (QED) is 0.769. The van der Waals surface area contributed by atoms with Gasteiger partial charge in [-0.15, -0.1) is 0 Å². The Morgan fingerprint density at radius 3 is 2.41 bits per heavy atom. The topological polar surface area (TPSA) is 110 Å². The number of nitrogens with zero attached hydrogens (tertiary/aromatic N) is 2. The number of hydrogen-bond acceptors (Lipinski definition) is 6. The molecule has 0 atom stereocenters.